The molecule has 0 radical (unpaired) electrons. The first-order valence-electron chi connectivity index (χ1n) is 6.75. The van der Waals surface area contributed by atoms with Gasteiger partial charge >= 0.3 is 0 Å². The molecule has 5 nitrogen and oxygen atoms in total. The Hall–Kier alpha value is -1.69. The number of imide groups is 1. The number of likely N-dealkylation sites (tertiary alicyclic amines) is 1. The lowest BCUT2D eigenvalue weighted by Crippen LogP contribution is -2.36. The average Bonchev–Trinajstić information content (AvgIpc) is 3.05. The average molecular weight is 294 g/mol. The molecule has 0 N–H and O–H groups in total. The fourth-order valence-corrected chi connectivity index (χ4v) is 2.92. The minimum atomic E-state index is -0.163. The van der Waals surface area contributed by atoms with Crippen LogP contribution in [-0.2, 0) is 20.9 Å². The van der Waals surface area contributed by atoms with Gasteiger partial charge in [0.1, 0.15) is 0 Å². The van der Waals surface area contributed by atoms with E-state index in [2.05, 4.69) is 0 Å². The standard InChI is InChI=1S/C14H18N2O3S/c1-2-15(10-11-4-3-9-20-11)12(17)7-8-16-13(18)5-6-14(16)19/h3-4,9H,2,5-8,10H2,1H3. The summed E-state index contributed by atoms with van der Waals surface area (Å²) < 4.78 is 0. The molecule has 0 bridgehead atoms. The van der Waals surface area contributed by atoms with Gasteiger partial charge < -0.3 is 4.90 Å². The van der Waals surface area contributed by atoms with Crippen LogP contribution in [0.4, 0.5) is 0 Å². The second kappa shape index (κ2) is 6.65. The van der Waals surface area contributed by atoms with Gasteiger partial charge in [-0.15, -0.1) is 11.3 Å². The first-order chi connectivity index (χ1) is 9.61. The van der Waals surface area contributed by atoms with Crippen LogP contribution < -0.4 is 0 Å². The van der Waals surface area contributed by atoms with Gasteiger partial charge in [-0.05, 0) is 18.4 Å². The number of rotatable bonds is 6. The van der Waals surface area contributed by atoms with Crippen molar-refractivity contribution in [1.82, 2.24) is 9.80 Å². The molecule has 2 heterocycles. The fraction of sp³-hybridized carbons (Fsp3) is 0.500. The van der Waals surface area contributed by atoms with E-state index in [1.54, 1.807) is 16.2 Å². The molecule has 0 atom stereocenters. The maximum absolute atomic E-state index is 12.2. The van der Waals surface area contributed by atoms with Gasteiger partial charge in [0, 0.05) is 37.2 Å². The third kappa shape index (κ3) is 3.45. The fourth-order valence-electron chi connectivity index (χ4n) is 2.20. The molecule has 108 valence electrons. The molecule has 1 aliphatic heterocycles. The highest BCUT2D eigenvalue weighted by Crippen LogP contribution is 2.14. The van der Waals surface area contributed by atoms with Crippen LogP contribution in [0.25, 0.3) is 0 Å². The summed E-state index contributed by atoms with van der Waals surface area (Å²) in [6, 6.07) is 3.95. The van der Waals surface area contributed by atoms with Crippen molar-refractivity contribution in [2.75, 3.05) is 13.1 Å². The smallest absolute Gasteiger partial charge is 0.229 e. The molecule has 1 saturated heterocycles. The van der Waals surface area contributed by atoms with Gasteiger partial charge in [-0.2, -0.15) is 0 Å². The third-order valence-electron chi connectivity index (χ3n) is 3.37. The molecule has 0 saturated carbocycles. The molecule has 6 heteroatoms. The van der Waals surface area contributed by atoms with Gasteiger partial charge in [0.05, 0.1) is 6.54 Å². The highest BCUT2D eigenvalue weighted by atomic mass is 32.1. The van der Waals surface area contributed by atoms with Crippen LogP contribution in [0.5, 0.6) is 0 Å². The van der Waals surface area contributed by atoms with E-state index in [4.69, 9.17) is 0 Å². The van der Waals surface area contributed by atoms with Crippen LogP contribution in [0.2, 0.25) is 0 Å². The zero-order chi connectivity index (χ0) is 14.5. The Kier molecular flexibility index (Phi) is 4.89. The zero-order valence-corrected chi connectivity index (χ0v) is 12.3. The molecule has 1 aromatic heterocycles. The highest BCUT2D eigenvalue weighted by molar-refractivity contribution is 7.09. The molecule has 2 rings (SSSR count). The molecule has 0 unspecified atom stereocenters. The van der Waals surface area contributed by atoms with E-state index in [9.17, 15) is 14.4 Å². The molecule has 0 aromatic carbocycles. The van der Waals surface area contributed by atoms with E-state index in [-0.39, 0.29) is 43.5 Å². The summed E-state index contributed by atoms with van der Waals surface area (Å²) in [6.07, 6.45) is 0.760. The monoisotopic (exact) mass is 294 g/mol. The van der Waals surface area contributed by atoms with Gasteiger partial charge in [-0.25, -0.2) is 0 Å². The summed E-state index contributed by atoms with van der Waals surface area (Å²) in [6.45, 7) is 3.35. The van der Waals surface area contributed by atoms with Crippen LogP contribution in [0, 0.1) is 0 Å². The molecule has 1 aliphatic rings. The zero-order valence-electron chi connectivity index (χ0n) is 11.5. The highest BCUT2D eigenvalue weighted by Gasteiger charge is 2.29. The lowest BCUT2D eigenvalue weighted by molar-refractivity contribution is -0.139. The summed E-state index contributed by atoms with van der Waals surface area (Å²) in [7, 11) is 0. The molecule has 0 aliphatic carbocycles. The van der Waals surface area contributed by atoms with Crippen molar-refractivity contribution < 1.29 is 14.4 Å². The van der Waals surface area contributed by atoms with Gasteiger partial charge in [-0.3, -0.25) is 19.3 Å². The van der Waals surface area contributed by atoms with E-state index in [0.717, 1.165) is 4.88 Å². The van der Waals surface area contributed by atoms with E-state index in [0.29, 0.717) is 13.1 Å². The number of carbonyl (C=O) groups excluding carboxylic acids is 3. The summed E-state index contributed by atoms with van der Waals surface area (Å²) in [4.78, 5) is 39.2. The second-order valence-corrected chi connectivity index (χ2v) is 5.71. The third-order valence-corrected chi connectivity index (χ3v) is 4.23. The SMILES string of the molecule is CCN(Cc1cccs1)C(=O)CCN1C(=O)CCC1=O. The van der Waals surface area contributed by atoms with Crippen molar-refractivity contribution in [1.29, 1.82) is 0 Å². The molecule has 20 heavy (non-hydrogen) atoms. The first-order valence-corrected chi connectivity index (χ1v) is 7.63. The Balaban J connectivity index is 1.86. The van der Waals surface area contributed by atoms with Gasteiger partial charge in [0.25, 0.3) is 0 Å². The summed E-state index contributed by atoms with van der Waals surface area (Å²) >= 11 is 1.62. The summed E-state index contributed by atoms with van der Waals surface area (Å²) in [5, 5.41) is 1.98. The number of carbonyl (C=O) groups is 3. The molecular formula is C14H18N2O3S. The van der Waals surface area contributed by atoms with Crippen molar-refractivity contribution in [2.45, 2.75) is 32.7 Å². The van der Waals surface area contributed by atoms with Crippen LogP contribution in [0.3, 0.4) is 0 Å². The van der Waals surface area contributed by atoms with Crippen molar-refractivity contribution in [3.05, 3.63) is 22.4 Å². The predicted octanol–water partition coefficient (Wildman–Crippen LogP) is 1.64. The Bertz CT molecular complexity index is 483. The van der Waals surface area contributed by atoms with E-state index >= 15 is 0 Å². The van der Waals surface area contributed by atoms with Crippen molar-refractivity contribution in [3.8, 4) is 0 Å². The lowest BCUT2D eigenvalue weighted by atomic mass is 10.3. The van der Waals surface area contributed by atoms with E-state index in [1.807, 2.05) is 24.4 Å². The summed E-state index contributed by atoms with van der Waals surface area (Å²) in [5.41, 5.74) is 0. The Morgan fingerprint density at radius 3 is 2.60 bits per heavy atom. The maximum atomic E-state index is 12.2. The molecule has 3 amide bonds. The summed E-state index contributed by atoms with van der Waals surface area (Å²) in [5.74, 6) is -0.346. The van der Waals surface area contributed by atoms with Gasteiger partial charge in [0.15, 0.2) is 0 Å². The minimum absolute atomic E-state index is 0.0200. The lowest BCUT2D eigenvalue weighted by Gasteiger charge is -2.21. The van der Waals surface area contributed by atoms with Gasteiger partial charge in [-0.1, -0.05) is 6.07 Å². The van der Waals surface area contributed by atoms with Crippen LogP contribution in [0.1, 0.15) is 31.1 Å². The topological polar surface area (TPSA) is 57.7 Å². The van der Waals surface area contributed by atoms with Crippen molar-refractivity contribution in [3.63, 3.8) is 0 Å². The quantitative estimate of drug-likeness (QED) is 0.749. The van der Waals surface area contributed by atoms with Crippen molar-refractivity contribution >= 4 is 29.1 Å². The molecular weight excluding hydrogens is 276 g/mol. The number of hydrogen-bond donors (Lipinski definition) is 0. The van der Waals surface area contributed by atoms with Crippen LogP contribution >= 0.6 is 11.3 Å². The van der Waals surface area contributed by atoms with Crippen molar-refractivity contribution in [2.24, 2.45) is 0 Å². The number of hydrogen-bond acceptors (Lipinski definition) is 4. The largest absolute Gasteiger partial charge is 0.338 e. The Morgan fingerprint density at radius 1 is 1.35 bits per heavy atom. The van der Waals surface area contributed by atoms with Crippen LogP contribution in [0.15, 0.2) is 17.5 Å². The normalized spacial score (nSPS) is 14.9. The van der Waals surface area contributed by atoms with E-state index < -0.39 is 0 Å². The Morgan fingerprint density at radius 2 is 2.05 bits per heavy atom. The molecule has 1 aromatic rings. The predicted molar refractivity (Wildman–Crippen MR) is 76.0 cm³/mol. The molecule has 0 spiro atoms. The molecule has 1 fully saturated rings. The first kappa shape index (κ1) is 14.7. The number of thiophene rings is 1. The minimum Gasteiger partial charge on any atom is -0.338 e. The van der Waals surface area contributed by atoms with Gasteiger partial charge in [0.2, 0.25) is 17.7 Å². The maximum Gasteiger partial charge on any atom is 0.229 e. The number of amides is 3. The number of nitrogens with zero attached hydrogens (tertiary/aromatic N) is 2. The second-order valence-electron chi connectivity index (χ2n) is 4.68. The Labute approximate surface area is 122 Å². The van der Waals surface area contributed by atoms with E-state index in [1.165, 1.54) is 4.90 Å². The van der Waals surface area contributed by atoms with Crippen LogP contribution in [-0.4, -0.2) is 40.6 Å².